The number of pyridine rings is 1. The third-order valence-electron chi connectivity index (χ3n) is 5.52. The Morgan fingerprint density at radius 1 is 1.30 bits per heavy atom. The second-order valence-electron chi connectivity index (χ2n) is 7.56. The molecule has 1 aromatic heterocycles. The van der Waals surface area contributed by atoms with Gasteiger partial charge in [0.2, 0.25) is 6.20 Å². The van der Waals surface area contributed by atoms with Gasteiger partial charge in [-0.1, -0.05) is 27.9 Å². The zero-order valence-electron chi connectivity index (χ0n) is 16.6. The smallest absolute Gasteiger partial charge is 0.202 e. The summed E-state index contributed by atoms with van der Waals surface area (Å²) in [6.07, 6.45) is 5.42. The number of halogens is 3. The van der Waals surface area contributed by atoms with E-state index in [9.17, 15) is 4.39 Å². The van der Waals surface area contributed by atoms with Crippen LogP contribution in [-0.4, -0.2) is 35.4 Å². The molecule has 0 spiro atoms. The van der Waals surface area contributed by atoms with Crippen LogP contribution in [0.3, 0.4) is 0 Å². The van der Waals surface area contributed by atoms with E-state index in [-0.39, 0.29) is 10.8 Å². The number of aromatic nitrogens is 1. The van der Waals surface area contributed by atoms with Crippen LogP contribution in [0.4, 0.5) is 10.2 Å². The molecule has 0 radical (unpaired) electrons. The normalized spacial score (nSPS) is 18.1. The summed E-state index contributed by atoms with van der Waals surface area (Å²) in [6.45, 7) is 4.59. The molecule has 1 aromatic carbocycles. The average Bonchev–Trinajstić information content (AvgIpc) is 3.24. The number of ether oxygens (including phenoxy) is 1. The number of hydrogen-bond acceptors (Lipinski definition) is 4. The van der Waals surface area contributed by atoms with Crippen molar-refractivity contribution >= 4 is 34.6 Å². The number of azo groups is 2. The van der Waals surface area contributed by atoms with Crippen molar-refractivity contribution in [3.63, 3.8) is 0 Å². The molecule has 1 fully saturated rings. The molecule has 2 aromatic rings. The highest BCUT2D eigenvalue weighted by Crippen LogP contribution is 2.36. The van der Waals surface area contributed by atoms with Gasteiger partial charge < -0.3 is 15.8 Å². The van der Waals surface area contributed by atoms with E-state index in [0.29, 0.717) is 28.9 Å². The second kappa shape index (κ2) is 8.88. The maximum Gasteiger partial charge on any atom is 0.202 e. The lowest BCUT2D eigenvalue weighted by Crippen LogP contribution is -2.87. The Morgan fingerprint density at radius 2 is 2.07 bits per heavy atom. The highest BCUT2D eigenvalue weighted by atomic mass is 35.5. The molecule has 9 heteroatoms. The van der Waals surface area contributed by atoms with Gasteiger partial charge in [0, 0.05) is 22.3 Å². The van der Waals surface area contributed by atoms with Crippen LogP contribution in [0.15, 0.2) is 35.7 Å². The third-order valence-corrected chi connectivity index (χ3v) is 6.23. The monoisotopic (exact) mass is 451 g/mol. The minimum atomic E-state index is -0.614. The van der Waals surface area contributed by atoms with Crippen molar-refractivity contribution in [2.75, 3.05) is 25.4 Å². The molecular formula is C21H24Cl2FN5O+2. The number of quaternary nitrogens is 1. The van der Waals surface area contributed by atoms with Gasteiger partial charge in [0.05, 0.1) is 36.5 Å². The van der Waals surface area contributed by atoms with E-state index in [1.807, 2.05) is 6.07 Å². The molecule has 0 bridgehead atoms. The van der Waals surface area contributed by atoms with Gasteiger partial charge in [-0.3, -0.25) is 0 Å². The molecule has 0 saturated carbocycles. The number of hydrogen-bond donors (Lipinski definition) is 2. The van der Waals surface area contributed by atoms with Gasteiger partial charge in [0.15, 0.2) is 17.6 Å². The first-order valence-corrected chi connectivity index (χ1v) is 10.7. The first kappa shape index (κ1) is 21.0. The third kappa shape index (κ3) is 4.29. The summed E-state index contributed by atoms with van der Waals surface area (Å²) in [5.41, 5.74) is 8.34. The summed E-state index contributed by atoms with van der Waals surface area (Å²) < 4.78 is 22.0. The minimum absolute atomic E-state index is 0.0599. The molecule has 0 amide bonds. The van der Waals surface area contributed by atoms with Gasteiger partial charge >= 0.3 is 0 Å². The maximum atomic E-state index is 13.9. The van der Waals surface area contributed by atoms with Gasteiger partial charge in [-0.2, -0.15) is 0 Å². The van der Waals surface area contributed by atoms with Crippen molar-refractivity contribution in [3.05, 3.63) is 57.6 Å². The molecule has 2 aliphatic rings. The topological polar surface area (TPSA) is 80.1 Å². The highest BCUT2D eigenvalue weighted by molar-refractivity contribution is 6.36. The number of benzene rings is 1. The Kier molecular flexibility index (Phi) is 6.22. The molecule has 30 heavy (non-hydrogen) atoms. The minimum Gasteiger partial charge on any atom is -0.482 e. The summed E-state index contributed by atoms with van der Waals surface area (Å²) in [5.74, 6) is 0.0805. The lowest BCUT2D eigenvalue weighted by atomic mass is 10.1. The van der Waals surface area contributed by atoms with Crippen LogP contribution in [0.5, 0.6) is 5.75 Å². The number of piperidine rings is 1. The Balaban J connectivity index is 1.55. The number of nitrogens with zero attached hydrogens (tertiary/aromatic N) is 3. The molecule has 4 N–H and O–H groups in total. The van der Waals surface area contributed by atoms with Gasteiger partial charge in [-0.25, -0.2) is 9.37 Å². The van der Waals surface area contributed by atoms with E-state index in [1.54, 1.807) is 13.1 Å². The zero-order valence-corrected chi connectivity index (χ0v) is 18.1. The number of anilines is 1. The predicted molar refractivity (Wildman–Crippen MR) is 114 cm³/mol. The quantitative estimate of drug-likeness (QED) is 0.535. The van der Waals surface area contributed by atoms with E-state index in [2.05, 4.69) is 26.3 Å². The summed E-state index contributed by atoms with van der Waals surface area (Å²) >= 11 is 12.3. The van der Waals surface area contributed by atoms with Crippen molar-refractivity contribution in [1.29, 1.82) is 0 Å². The lowest BCUT2D eigenvalue weighted by Gasteiger charge is -2.19. The first-order valence-electron chi connectivity index (χ1n) is 9.98. The van der Waals surface area contributed by atoms with Gasteiger partial charge in [0.25, 0.3) is 0 Å². The van der Waals surface area contributed by atoms with Gasteiger partial charge in [-0.05, 0) is 30.2 Å². The summed E-state index contributed by atoms with van der Waals surface area (Å²) in [7, 11) is 0. The van der Waals surface area contributed by atoms with Crippen LogP contribution in [-0.2, 0) is 0 Å². The van der Waals surface area contributed by atoms with Crippen LogP contribution in [0, 0.1) is 5.82 Å². The van der Waals surface area contributed by atoms with Crippen molar-refractivity contribution in [2.45, 2.75) is 31.9 Å². The Hall–Kier alpha value is -2.22. The highest BCUT2D eigenvalue weighted by Gasteiger charge is 2.30. The van der Waals surface area contributed by atoms with Crippen molar-refractivity contribution in [3.8, 4) is 5.75 Å². The average molecular weight is 452 g/mol. The molecular weight excluding hydrogens is 428 g/mol. The summed E-state index contributed by atoms with van der Waals surface area (Å²) in [6, 6.07) is 4.96. The Morgan fingerprint density at radius 3 is 2.83 bits per heavy atom. The standard InChI is InChI=1S/C21H23Cl2FN5O/c1-12(19-16(22)2-3-17(24)20(19)23)30-18-8-13(9-27-21(18)25)14-10-28-29(11-14)15-4-6-26-7-5-15/h2-3,8-9,11-12,15,26H,4-7,10H2,1H3,(H2,25,27)/q+1/p+1/t12-/m1/s1. The maximum absolute atomic E-state index is 13.9. The summed E-state index contributed by atoms with van der Waals surface area (Å²) in [5, 5.41) is 7.27. The molecule has 2 aliphatic heterocycles. The second-order valence-corrected chi connectivity index (χ2v) is 8.34. The molecule has 0 aliphatic carbocycles. The van der Waals surface area contributed by atoms with Crippen molar-refractivity contribution in [1.82, 2.24) is 4.98 Å². The van der Waals surface area contributed by atoms with Crippen LogP contribution < -0.4 is 15.8 Å². The van der Waals surface area contributed by atoms with Crippen LogP contribution in [0.2, 0.25) is 10.0 Å². The van der Waals surface area contributed by atoms with Crippen LogP contribution in [0.1, 0.15) is 37.0 Å². The largest absolute Gasteiger partial charge is 0.482 e. The molecule has 3 heterocycles. The summed E-state index contributed by atoms with van der Waals surface area (Å²) in [4.78, 5) is 4.28. The number of rotatable bonds is 5. The fourth-order valence-corrected chi connectivity index (χ4v) is 4.53. The lowest BCUT2D eigenvalue weighted by molar-refractivity contribution is -0.687. The molecule has 6 nitrogen and oxygen atoms in total. The fraction of sp³-hybridized carbons (Fsp3) is 0.381. The van der Waals surface area contributed by atoms with Crippen molar-refractivity contribution in [2.24, 2.45) is 5.11 Å². The number of nitrogen functional groups attached to an aromatic ring is 1. The molecule has 1 saturated heterocycles. The SMILES string of the molecule is C[C@@H](Oc1cc(C2=C[N+](C3CC[NH2+]CC3)=NC2)cnc1N)c1c(Cl)ccc(F)c1Cl. The Labute approximate surface area is 184 Å². The van der Waals surface area contributed by atoms with Gasteiger partial charge in [-0.15, -0.1) is 0 Å². The van der Waals surface area contributed by atoms with E-state index in [1.165, 1.54) is 12.1 Å². The van der Waals surface area contributed by atoms with Crippen LogP contribution in [0.25, 0.3) is 5.57 Å². The molecule has 4 rings (SSSR count). The van der Waals surface area contributed by atoms with E-state index in [0.717, 1.165) is 37.1 Å². The van der Waals surface area contributed by atoms with E-state index in [4.69, 9.17) is 33.7 Å². The molecule has 1 atom stereocenters. The Bertz CT molecular complexity index is 1020. The molecule has 0 unspecified atom stereocenters. The first-order chi connectivity index (χ1) is 14.4. The molecule has 158 valence electrons. The fourth-order valence-electron chi connectivity index (χ4n) is 3.85. The van der Waals surface area contributed by atoms with Crippen molar-refractivity contribution < 1.29 is 19.1 Å². The number of nitrogens with two attached hydrogens (primary N) is 2. The zero-order chi connectivity index (χ0) is 21.3. The predicted octanol–water partition coefficient (Wildman–Crippen LogP) is 3.79. The van der Waals surface area contributed by atoms with Crippen LogP contribution >= 0.6 is 23.2 Å². The van der Waals surface area contributed by atoms with E-state index >= 15 is 0 Å². The van der Waals surface area contributed by atoms with E-state index < -0.39 is 11.9 Å². The van der Waals surface area contributed by atoms with Gasteiger partial charge in [0.1, 0.15) is 18.5 Å².